The van der Waals surface area contributed by atoms with Gasteiger partial charge in [0.25, 0.3) is 0 Å². The summed E-state index contributed by atoms with van der Waals surface area (Å²) in [6.07, 6.45) is -3.24. The Kier molecular flexibility index (Phi) is 5.64. The summed E-state index contributed by atoms with van der Waals surface area (Å²) in [6.45, 7) is -2.19. The van der Waals surface area contributed by atoms with Gasteiger partial charge in [-0.3, -0.25) is 14.0 Å². The summed E-state index contributed by atoms with van der Waals surface area (Å²) in [5, 5.41) is 10.3. The van der Waals surface area contributed by atoms with Gasteiger partial charge in [-0.25, -0.2) is 13.6 Å². The zero-order chi connectivity index (χ0) is 25.1. The summed E-state index contributed by atoms with van der Waals surface area (Å²) < 4.78 is 83.6. The molecule has 14 heteroatoms. The molecule has 4 N–H and O–H groups in total. The van der Waals surface area contributed by atoms with Crippen molar-refractivity contribution in [2.45, 2.75) is 31.1 Å². The van der Waals surface area contributed by atoms with Gasteiger partial charge < -0.3 is 25.6 Å². The number of nitrogens with one attached hydrogen (secondary N) is 1. The topological polar surface area (TPSA) is 118 Å². The van der Waals surface area contributed by atoms with Crippen LogP contribution in [0, 0.1) is 17.6 Å². The average Bonchev–Trinajstić information content (AvgIpc) is 3.52. The van der Waals surface area contributed by atoms with E-state index in [1.807, 2.05) is 0 Å². The zero-order valence-corrected chi connectivity index (χ0v) is 17.3. The third-order valence-electron chi connectivity index (χ3n) is 6.06. The minimum absolute atomic E-state index is 0.371. The standard InChI is InChI=1S/C20H18F6N4O4/c21-3-7-4-29(6-10(7)28-19(34)20(24,25)26)16-12(22)14(27)11-15(13(16)23)30(8-1-2-8)5-9(17(11)31)18(32)33/h5,7-8,10H,1-4,6,27H2,(H,28,34)(H,32,33). The van der Waals surface area contributed by atoms with E-state index in [0.717, 1.165) is 11.1 Å². The number of carbonyl (C=O) groups is 2. The van der Waals surface area contributed by atoms with Gasteiger partial charge in [0.2, 0.25) is 5.43 Å². The van der Waals surface area contributed by atoms with Crippen LogP contribution in [-0.4, -0.2) is 53.5 Å². The maximum absolute atomic E-state index is 15.7. The summed E-state index contributed by atoms with van der Waals surface area (Å²) >= 11 is 0. The molecule has 1 aliphatic carbocycles. The third kappa shape index (κ3) is 3.80. The number of nitrogens with two attached hydrogens (primary N) is 1. The normalized spacial score (nSPS) is 20.7. The molecule has 1 saturated carbocycles. The van der Waals surface area contributed by atoms with Crippen LogP contribution in [0.25, 0.3) is 10.9 Å². The lowest BCUT2D eigenvalue weighted by Crippen LogP contribution is -2.47. The van der Waals surface area contributed by atoms with Crippen molar-refractivity contribution in [3.05, 3.63) is 33.6 Å². The van der Waals surface area contributed by atoms with Crippen LogP contribution in [-0.2, 0) is 4.79 Å². The van der Waals surface area contributed by atoms with E-state index in [0.29, 0.717) is 12.8 Å². The summed E-state index contributed by atoms with van der Waals surface area (Å²) in [6, 6.07) is -1.78. The number of fused-ring (bicyclic) bond motifs is 1. The minimum atomic E-state index is -5.24. The van der Waals surface area contributed by atoms with E-state index >= 15 is 8.78 Å². The summed E-state index contributed by atoms with van der Waals surface area (Å²) in [7, 11) is 0. The van der Waals surface area contributed by atoms with Gasteiger partial charge in [0.1, 0.15) is 11.3 Å². The molecular formula is C20H18F6N4O4. The summed E-state index contributed by atoms with van der Waals surface area (Å²) in [4.78, 5) is 36.4. The van der Waals surface area contributed by atoms with Crippen molar-refractivity contribution in [2.75, 3.05) is 30.4 Å². The van der Waals surface area contributed by atoms with Crippen LogP contribution >= 0.6 is 0 Å². The van der Waals surface area contributed by atoms with Gasteiger partial charge in [0, 0.05) is 31.2 Å². The lowest BCUT2D eigenvalue weighted by atomic mass is 10.1. The van der Waals surface area contributed by atoms with E-state index in [1.165, 1.54) is 4.57 Å². The average molecular weight is 492 g/mol. The number of aromatic carboxylic acids is 1. The van der Waals surface area contributed by atoms with Crippen molar-refractivity contribution in [3.8, 4) is 0 Å². The van der Waals surface area contributed by atoms with Crippen LogP contribution in [0.2, 0.25) is 0 Å². The van der Waals surface area contributed by atoms with Crippen molar-refractivity contribution in [1.82, 2.24) is 9.88 Å². The van der Waals surface area contributed by atoms with Crippen LogP contribution < -0.4 is 21.4 Å². The van der Waals surface area contributed by atoms with E-state index in [1.54, 1.807) is 5.32 Å². The summed E-state index contributed by atoms with van der Waals surface area (Å²) in [5.74, 6) is -7.86. The van der Waals surface area contributed by atoms with Gasteiger partial charge >= 0.3 is 18.1 Å². The molecule has 2 heterocycles. The highest BCUT2D eigenvalue weighted by molar-refractivity contribution is 5.99. The number of pyridine rings is 1. The second-order valence-electron chi connectivity index (χ2n) is 8.33. The van der Waals surface area contributed by atoms with Crippen LogP contribution in [0.1, 0.15) is 29.2 Å². The first-order valence-corrected chi connectivity index (χ1v) is 10.1. The highest BCUT2D eigenvalue weighted by Crippen LogP contribution is 2.42. The van der Waals surface area contributed by atoms with Crippen molar-refractivity contribution in [1.29, 1.82) is 0 Å². The van der Waals surface area contributed by atoms with Crippen LogP contribution in [0.4, 0.5) is 37.7 Å². The molecule has 0 spiro atoms. The Bertz CT molecular complexity index is 1260. The molecule has 1 amide bonds. The Morgan fingerprint density at radius 2 is 1.82 bits per heavy atom. The van der Waals surface area contributed by atoms with Crippen molar-refractivity contribution in [2.24, 2.45) is 5.92 Å². The number of hydrogen-bond donors (Lipinski definition) is 3. The van der Waals surface area contributed by atoms with E-state index in [2.05, 4.69) is 0 Å². The first-order valence-electron chi connectivity index (χ1n) is 10.1. The number of aromatic nitrogens is 1. The number of anilines is 2. The van der Waals surface area contributed by atoms with Gasteiger partial charge in [-0.1, -0.05) is 0 Å². The Balaban J connectivity index is 1.85. The monoisotopic (exact) mass is 492 g/mol. The maximum Gasteiger partial charge on any atom is 0.471 e. The molecular weight excluding hydrogens is 474 g/mol. The van der Waals surface area contributed by atoms with Gasteiger partial charge in [-0.05, 0) is 12.8 Å². The van der Waals surface area contributed by atoms with E-state index in [9.17, 15) is 37.1 Å². The lowest BCUT2D eigenvalue weighted by molar-refractivity contribution is -0.174. The van der Waals surface area contributed by atoms with Crippen molar-refractivity contribution >= 4 is 34.2 Å². The number of carbonyl (C=O) groups excluding carboxylic acids is 1. The molecule has 184 valence electrons. The number of nitrogen functional groups attached to an aromatic ring is 1. The van der Waals surface area contributed by atoms with Crippen LogP contribution in [0.3, 0.4) is 0 Å². The Hall–Kier alpha value is -3.45. The maximum atomic E-state index is 15.7. The smallest absolute Gasteiger partial charge is 0.471 e. The molecule has 4 rings (SSSR count). The Labute approximate surface area is 186 Å². The highest BCUT2D eigenvalue weighted by Gasteiger charge is 2.44. The number of alkyl halides is 4. The molecule has 2 unspecified atom stereocenters. The predicted molar refractivity (Wildman–Crippen MR) is 107 cm³/mol. The Morgan fingerprint density at radius 1 is 1.18 bits per heavy atom. The number of carboxylic acid groups (broad SMARTS) is 1. The number of hydrogen-bond acceptors (Lipinski definition) is 5. The molecule has 2 fully saturated rings. The molecule has 2 atom stereocenters. The fraction of sp³-hybridized carbons (Fsp3) is 0.450. The molecule has 1 aromatic carbocycles. The molecule has 1 aliphatic heterocycles. The lowest BCUT2D eigenvalue weighted by Gasteiger charge is -2.24. The first kappa shape index (κ1) is 23.7. The molecule has 0 radical (unpaired) electrons. The van der Waals surface area contributed by atoms with Crippen molar-refractivity contribution < 1.29 is 41.0 Å². The molecule has 2 aromatic rings. The van der Waals surface area contributed by atoms with Crippen LogP contribution in [0.15, 0.2) is 11.0 Å². The van der Waals surface area contributed by atoms with Gasteiger partial charge in [0.15, 0.2) is 11.6 Å². The SMILES string of the molecule is Nc1c(F)c(N2CC(CF)C(NC(=O)C(F)(F)F)C2)c(F)c2c1c(=O)c(C(=O)O)cn2C1CC1. The van der Waals surface area contributed by atoms with Gasteiger partial charge in [-0.2, -0.15) is 13.2 Å². The largest absolute Gasteiger partial charge is 0.477 e. The first-order chi connectivity index (χ1) is 15.9. The van der Waals surface area contributed by atoms with Gasteiger partial charge in [0.05, 0.1) is 29.3 Å². The fourth-order valence-electron chi connectivity index (χ4n) is 4.25. The Morgan fingerprint density at radius 3 is 2.35 bits per heavy atom. The second kappa shape index (κ2) is 8.09. The summed E-state index contributed by atoms with van der Waals surface area (Å²) in [5.41, 5.74) is 1.77. The van der Waals surface area contributed by atoms with E-state index < -0.39 is 94.7 Å². The molecule has 2 aliphatic rings. The fourth-order valence-corrected chi connectivity index (χ4v) is 4.25. The molecule has 8 nitrogen and oxygen atoms in total. The zero-order valence-electron chi connectivity index (χ0n) is 17.3. The number of amides is 1. The predicted octanol–water partition coefficient (Wildman–Crippen LogP) is 2.35. The number of rotatable bonds is 5. The molecule has 0 bridgehead atoms. The molecule has 1 aromatic heterocycles. The number of carboxylic acids is 1. The van der Waals surface area contributed by atoms with Gasteiger partial charge in [-0.15, -0.1) is 0 Å². The van der Waals surface area contributed by atoms with E-state index in [4.69, 9.17) is 5.73 Å². The number of nitrogens with zero attached hydrogens (tertiary/aromatic N) is 2. The third-order valence-corrected chi connectivity index (χ3v) is 6.06. The highest BCUT2D eigenvalue weighted by atomic mass is 19.4. The molecule has 34 heavy (non-hydrogen) atoms. The van der Waals surface area contributed by atoms with Crippen LogP contribution in [0.5, 0.6) is 0 Å². The minimum Gasteiger partial charge on any atom is -0.477 e. The number of halogens is 6. The quantitative estimate of drug-likeness (QED) is 0.436. The second-order valence-corrected chi connectivity index (χ2v) is 8.33. The van der Waals surface area contributed by atoms with Crippen molar-refractivity contribution in [3.63, 3.8) is 0 Å². The molecule has 1 saturated heterocycles. The van der Waals surface area contributed by atoms with E-state index in [-0.39, 0.29) is 6.04 Å². The number of benzene rings is 1.